The molecule has 1 aliphatic carbocycles. The van der Waals surface area contributed by atoms with Gasteiger partial charge in [0.05, 0.1) is 13.2 Å². The van der Waals surface area contributed by atoms with E-state index in [1.807, 2.05) is 0 Å². The SMILES string of the molecule is CCCCC[C@H]1CO[C@H](C2CCC(Cl)CC2)OC1. The van der Waals surface area contributed by atoms with Gasteiger partial charge in [0, 0.05) is 17.2 Å². The Labute approximate surface area is 116 Å². The molecular formula is C15H27ClO2. The molecule has 1 aliphatic heterocycles. The third-order valence-electron chi connectivity index (χ3n) is 4.29. The predicted octanol–water partition coefficient (Wildman–Crippen LogP) is 4.35. The van der Waals surface area contributed by atoms with Crippen LogP contribution in [0.4, 0.5) is 0 Å². The van der Waals surface area contributed by atoms with Gasteiger partial charge in [0.15, 0.2) is 6.29 Å². The topological polar surface area (TPSA) is 18.5 Å². The lowest BCUT2D eigenvalue weighted by Crippen LogP contribution is -2.38. The number of unbranched alkanes of at least 4 members (excludes halogenated alkanes) is 2. The number of hydrogen-bond donors (Lipinski definition) is 0. The number of rotatable bonds is 5. The van der Waals surface area contributed by atoms with Crippen molar-refractivity contribution in [2.24, 2.45) is 11.8 Å². The van der Waals surface area contributed by atoms with E-state index >= 15 is 0 Å². The fourth-order valence-electron chi connectivity index (χ4n) is 3.03. The zero-order chi connectivity index (χ0) is 12.8. The van der Waals surface area contributed by atoms with Gasteiger partial charge in [0.25, 0.3) is 0 Å². The lowest BCUT2D eigenvalue weighted by atomic mass is 9.88. The van der Waals surface area contributed by atoms with Crippen LogP contribution in [-0.4, -0.2) is 24.9 Å². The summed E-state index contributed by atoms with van der Waals surface area (Å²) in [5.41, 5.74) is 0. The van der Waals surface area contributed by atoms with Crippen molar-refractivity contribution in [3.8, 4) is 0 Å². The van der Waals surface area contributed by atoms with E-state index in [0.29, 0.717) is 17.2 Å². The van der Waals surface area contributed by atoms with Gasteiger partial charge >= 0.3 is 0 Å². The van der Waals surface area contributed by atoms with Crippen LogP contribution in [0.3, 0.4) is 0 Å². The minimum Gasteiger partial charge on any atom is -0.352 e. The maximum absolute atomic E-state index is 6.13. The van der Waals surface area contributed by atoms with Crippen LogP contribution >= 0.6 is 11.6 Å². The minimum atomic E-state index is 0.0524. The Morgan fingerprint density at radius 3 is 2.28 bits per heavy atom. The molecule has 0 atom stereocenters. The first kappa shape index (κ1) is 14.6. The van der Waals surface area contributed by atoms with Gasteiger partial charge in [-0.25, -0.2) is 0 Å². The lowest BCUT2D eigenvalue weighted by molar-refractivity contribution is -0.228. The van der Waals surface area contributed by atoms with Gasteiger partial charge in [-0.15, -0.1) is 11.6 Å². The zero-order valence-electron chi connectivity index (χ0n) is 11.6. The fraction of sp³-hybridized carbons (Fsp3) is 1.00. The van der Waals surface area contributed by atoms with E-state index in [1.165, 1.54) is 38.5 Å². The molecule has 0 amide bonds. The molecule has 2 rings (SSSR count). The normalized spacial score (nSPS) is 37.7. The molecule has 0 bridgehead atoms. The van der Waals surface area contributed by atoms with Gasteiger partial charge in [0.1, 0.15) is 0 Å². The predicted molar refractivity (Wildman–Crippen MR) is 74.9 cm³/mol. The maximum atomic E-state index is 6.13. The molecule has 0 aromatic heterocycles. The second-order valence-corrected chi connectivity index (χ2v) is 6.53. The lowest BCUT2D eigenvalue weighted by Gasteiger charge is -2.36. The van der Waals surface area contributed by atoms with E-state index in [1.54, 1.807) is 0 Å². The Morgan fingerprint density at radius 1 is 1.00 bits per heavy atom. The highest BCUT2D eigenvalue weighted by Gasteiger charge is 2.31. The minimum absolute atomic E-state index is 0.0524. The monoisotopic (exact) mass is 274 g/mol. The van der Waals surface area contributed by atoms with Gasteiger partial charge in [-0.3, -0.25) is 0 Å². The van der Waals surface area contributed by atoms with Crippen molar-refractivity contribution in [2.75, 3.05) is 13.2 Å². The standard InChI is InChI=1S/C15H27ClO2/c1-2-3-4-5-12-10-17-15(18-11-12)13-6-8-14(16)9-7-13/h12-15H,2-11H2,1H3/t12-,13?,14?,15-. The Kier molecular flexibility index (Phi) is 6.26. The van der Waals surface area contributed by atoms with Crippen LogP contribution in [0.1, 0.15) is 58.3 Å². The van der Waals surface area contributed by atoms with Crippen molar-refractivity contribution >= 4 is 11.6 Å². The largest absolute Gasteiger partial charge is 0.352 e. The molecular weight excluding hydrogens is 248 g/mol. The Balaban J connectivity index is 1.63. The second kappa shape index (κ2) is 7.72. The molecule has 0 aromatic rings. The number of hydrogen-bond acceptors (Lipinski definition) is 2. The molecule has 0 unspecified atom stereocenters. The molecule has 2 aliphatic rings. The zero-order valence-corrected chi connectivity index (χ0v) is 12.3. The summed E-state index contributed by atoms with van der Waals surface area (Å²) in [7, 11) is 0. The van der Waals surface area contributed by atoms with Crippen LogP contribution in [0.2, 0.25) is 0 Å². The van der Waals surface area contributed by atoms with Crippen LogP contribution in [0.5, 0.6) is 0 Å². The van der Waals surface area contributed by atoms with Crippen molar-refractivity contribution in [1.29, 1.82) is 0 Å². The maximum Gasteiger partial charge on any atom is 0.160 e. The van der Waals surface area contributed by atoms with Crippen LogP contribution in [0, 0.1) is 11.8 Å². The van der Waals surface area contributed by atoms with Crippen LogP contribution < -0.4 is 0 Å². The van der Waals surface area contributed by atoms with Crippen molar-refractivity contribution in [1.82, 2.24) is 0 Å². The highest BCUT2D eigenvalue weighted by molar-refractivity contribution is 6.20. The summed E-state index contributed by atoms with van der Waals surface area (Å²) in [4.78, 5) is 0. The summed E-state index contributed by atoms with van der Waals surface area (Å²) in [6.07, 6.45) is 9.82. The smallest absolute Gasteiger partial charge is 0.160 e. The highest BCUT2D eigenvalue weighted by Crippen LogP contribution is 2.33. The molecule has 2 fully saturated rings. The quantitative estimate of drug-likeness (QED) is 0.548. The number of ether oxygens (including phenoxy) is 2. The first-order valence-electron chi connectivity index (χ1n) is 7.67. The molecule has 2 nitrogen and oxygen atoms in total. The summed E-state index contributed by atoms with van der Waals surface area (Å²) in [5.74, 6) is 1.20. The Morgan fingerprint density at radius 2 is 1.67 bits per heavy atom. The molecule has 0 N–H and O–H groups in total. The van der Waals surface area contributed by atoms with Gasteiger partial charge in [-0.2, -0.15) is 0 Å². The van der Waals surface area contributed by atoms with Gasteiger partial charge < -0.3 is 9.47 Å². The summed E-state index contributed by atoms with van der Waals surface area (Å²) < 4.78 is 11.9. The summed E-state index contributed by atoms with van der Waals surface area (Å²) in [6.45, 7) is 4.04. The van der Waals surface area contributed by atoms with E-state index in [4.69, 9.17) is 21.1 Å². The number of alkyl halides is 1. The molecule has 1 heterocycles. The van der Waals surface area contributed by atoms with Crippen molar-refractivity contribution in [3.05, 3.63) is 0 Å². The van der Waals surface area contributed by atoms with E-state index in [0.717, 1.165) is 26.1 Å². The molecule has 106 valence electrons. The van der Waals surface area contributed by atoms with Crippen LogP contribution in [-0.2, 0) is 9.47 Å². The van der Waals surface area contributed by atoms with Crippen LogP contribution in [0.25, 0.3) is 0 Å². The van der Waals surface area contributed by atoms with E-state index in [9.17, 15) is 0 Å². The average molecular weight is 275 g/mol. The number of halogens is 1. The first-order chi connectivity index (χ1) is 8.79. The molecule has 1 saturated carbocycles. The third kappa shape index (κ3) is 4.40. The molecule has 0 aromatic carbocycles. The Hall–Kier alpha value is 0.210. The van der Waals surface area contributed by atoms with Crippen molar-refractivity contribution < 1.29 is 9.47 Å². The van der Waals surface area contributed by atoms with Gasteiger partial charge in [-0.05, 0) is 32.1 Å². The van der Waals surface area contributed by atoms with Crippen molar-refractivity contribution in [3.63, 3.8) is 0 Å². The summed E-state index contributed by atoms with van der Waals surface area (Å²) in [6, 6.07) is 0. The van der Waals surface area contributed by atoms with Crippen LogP contribution in [0.15, 0.2) is 0 Å². The van der Waals surface area contributed by atoms with Gasteiger partial charge in [0.2, 0.25) is 0 Å². The van der Waals surface area contributed by atoms with Gasteiger partial charge in [-0.1, -0.05) is 26.2 Å². The van der Waals surface area contributed by atoms with Crippen molar-refractivity contribution in [2.45, 2.75) is 70.0 Å². The van der Waals surface area contributed by atoms with E-state index in [-0.39, 0.29) is 6.29 Å². The molecule has 0 spiro atoms. The molecule has 1 saturated heterocycles. The molecule has 3 heteroatoms. The average Bonchev–Trinajstić information content (AvgIpc) is 2.41. The highest BCUT2D eigenvalue weighted by atomic mass is 35.5. The first-order valence-corrected chi connectivity index (χ1v) is 8.10. The van der Waals surface area contributed by atoms with E-state index < -0.39 is 0 Å². The second-order valence-electron chi connectivity index (χ2n) is 5.91. The summed E-state index contributed by atoms with van der Waals surface area (Å²) in [5, 5.41) is 0.381. The Bertz CT molecular complexity index is 219. The molecule has 18 heavy (non-hydrogen) atoms. The summed E-state index contributed by atoms with van der Waals surface area (Å²) >= 11 is 6.13. The third-order valence-corrected chi connectivity index (χ3v) is 4.73. The fourth-order valence-corrected chi connectivity index (χ4v) is 3.28. The van der Waals surface area contributed by atoms with E-state index in [2.05, 4.69) is 6.92 Å². The molecule has 0 radical (unpaired) electrons.